The Morgan fingerprint density at radius 2 is 2.21 bits per heavy atom. The third kappa shape index (κ3) is 3.92. The highest BCUT2D eigenvalue weighted by atomic mass is 32.1. The van der Waals surface area contributed by atoms with Gasteiger partial charge in [-0.2, -0.15) is 0 Å². The Morgan fingerprint density at radius 3 is 2.86 bits per heavy atom. The van der Waals surface area contributed by atoms with Gasteiger partial charge in [-0.15, -0.1) is 0 Å². The van der Waals surface area contributed by atoms with Gasteiger partial charge in [-0.3, -0.25) is 4.79 Å². The maximum Gasteiger partial charge on any atom is 0.174 e. The van der Waals surface area contributed by atoms with Crippen LogP contribution >= 0.6 is 11.3 Å². The lowest BCUT2D eigenvalue weighted by atomic mass is 10.2. The Balaban J connectivity index is 2.14. The van der Waals surface area contributed by atoms with E-state index in [4.69, 9.17) is 4.74 Å². The molecule has 0 fully saturated rings. The summed E-state index contributed by atoms with van der Waals surface area (Å²) in [4.78, 5) is 11.1. The molecule has 0 aliphatic rings. The molecule has 1 aromatic rings. The minimum absolute atomic E-state index is 0.730. The molecule has 0 amide bonds. The fourth-order valence-electron chi connectivity index (χ4n) is 1.18. The molecule has 0 saturated carbocycles. The van der Waals surface area contributed by atoms with Gasteiger partial charge in [0.05, 0.1) is 11.5 Å². The van der Waals surface area contributed by atoms with Gasteiger partial charge in [-0.25, -0.2) is 0 Å². The van der Waals surface area contributed by atoms with E-state index in [0.717, 1.165) is 29.3 Å². The van der Waals surface area contributed by atoms with E-state index in [-0.39, 0.29) is 0 Å². The molecule has 78 valence electrons. The van der Waals surface area contributed by atoms with E-state index in [1.54, 1.807) is 6.07 Å². The first kappa shape index (κ1) is 11.2. The van der Waals surface area contributed by atoms with Crippen molar-refractivity contribution in [2.24, 2.45) is 0 Å². The van der Waals surface area contributed by atoms with Crippen LogP contribution in [0.3, 0.4) is 0 Å². The molecule has 0 radical (unpaired) electrons. The highest BCUT2D eigenvalue weighted by Gasteiger charge is 1.98. The van der Waals surface area contributed by atoms with Crippen LogP contribution in [-0.4, -0.2) is 12.9 Å². The van der Waals surface area contributed by atoms with Gasteiger partial charge in [-0.1, -0.05) is 37.5 Å². The quantitative estimate of drug-likeness (QED) is 0.510. The Labute approximate surface area is 88.9 Å². The molecule has 0 aliphatic carbocycles. The second kappa shape index (κ2) is 6.60. The summed E-state index contributed by atoms with van der Waals surface area (Å²) in [5, 5.41) is 0.851. The molecule has 0 N–H and O–H groups in total. The first-order valence-electron chi connectivity index (χ1n) is 5.04. The number of ether oxygens (including phenoxy) is 1. The molecule has 0 spiro atoms. The van der Waals surface area contributed by atoms with Crippen LogP contribution < -0.4 is 4.74 Å². The maximum absolute atomic E-state index is 10.4. The van der Waals surface area contributed by atoms with Crippen LogP contribution in [0.5, 0.6) is 5.06 Å². The summed E-state index contributed by atoms with van der Waals surface area (Å²) in [7, 11) is 0. The number of unbranched alkanes of at least 4 members (excludes halogenated alkanes) is 3. The number of hydrogen-bond donors (Lipinski definition) is 0. The molecule has 0 unspecified atom stereocenters. The number of carbonyl (C=O) groups excluding carboxylic acids is 1. The van der Waals surface area contributed by atoms with Crippen molar-refractivity contribution < 1.29 is 9.53 Å². The van der Waals surface area contributed by atoms with Crippen molar-refractivity contribution in [3.63, 3.8) is 0 Å². The zero-order valence-electron chi connectivity index (χ0n) is 8.49. The summed E-state index contributed by atoms with van der Waals surface area (Å²) in [5.74, 6) is 0. The zero-order valence-corrected chi connectivity index (χ0v) is 9.31. The van der Waals surface area contributed by atoms with E-state index >= 15 is 0 Å². The normalized spacial score (nSPS) is 10.1. The highest BCUT2D eigenvalue weighted by Crippen LogP contribution is 2.23. The number of hydrogen-bond acceptors (Lipinski definition) is 3. The summed E-state index contributed by atoms with van der Waals surface area (Å²) < 4.78 is 5.49. The Hall–Kier alpha value is -0.830. The van der Waals surface area contributed by atoms with E-state index in [2.05, 4.69) is 6.92 Å². The molecule has 1 heterocycles. The number of carbonyl (C=O) groups is 1. The Kier molecular flexibility index (Phi) is 5.30. The van der Waals surface area contributed by atoms with Crippen molar-refractivity contribution in [1.82, 2.24) is 0 Å². The molecule has 14 heavy (non-hydrogen) atoms. The lowest BCUT2D eigenvalue weighted by Gasteiger charge is -2.01. The van der Waals surface area contributed by atoms with E-state index in [1.807, 2.05) is 6.07 Å². The van der Waals surface area contributed by atoms with Crippen molar-refractivity contribution in [3.8, 4) is 5.06 Å². The van der Waals surface area contributed by atoms with E-state index < -0.39 is 0 Å². The fourth-order valence-corrected chi connectivity index (χ4v) is 1.87. The molecule has 0 atom stereocenters. The maximum atomic E-state index is 10.4. The summed E-state index contributed by atoms with van der Waals surface area (Å²) in [6.07, 6.45) is 5.70. The van der Waals surface area contributed by atoms with Crippen LogP contribution in [0.1, 0.15) is 42.3 Å². The molecule has 2 nitrogen and oxygen atoms in total. The van der Waals surface area contributed by atoms with Gasteiger partial charge in [-0.05, 0) is 18.6 Å². The van der Waals surface area contributed by atoms with E-state index in [9.17, 15) is 4.79 Å². The van der Waals surface area contributed by atoms with Crippen LogP contribution in [0.2, 0.25) is 0 Å². The summed E-state index contributed by atoms with van der Waals surface area (Å²) in [6.45, 7) is 2.95. The first-order chi connectivity index (χ1) is 6.86. The van der Waals surface area contributed by atoms with Gasteiger partial charge >= 0.3 is 0 Å². The van der Waals surface area contributed by atoms with Crippen LogP contribution in [0.15, 0.2) is 12.1 Å². The van der Waals surface area contributed by atoms with Gasteiger partial charge in [0.25, 0.3) is 0 Å². The average molecular weight is 212 g/mol. The van der Waals surface area contributed by atoms with Gasteiger partial charge in [0.2, 0.25) is 0 Å². The monoisotopic (exact) mass is 212 g/mol. The van der Waals surface area contributed by atoms with E-state index in [1.165, 1.54) is 30.6 Å². The van der Waals surface area contributed by atoms with E-state index in [0.29, 0.717) is 0 Å². The van der Waals surface area contributed by atoms with Crippen molar-refractivity contribution in [1.29, 1.82) is 0 Å². The lowest BCUT2D eigenvalue weighted by molar-refractivity contribution is 0.112. The minimum atomic E-state index is 0.730. The molecule has 0 aliphatic heterocycles. The predicted octanol–water partition coefficient (Wildman–Crippen LogP) is 3.52. The number of aldehydes is 1. The summed E-state index contributed by atoms with van der Waals surface area (Å²) in [6, 6.07) is 3.65. The Bertz CT molecular complexity index is 268. The molecule has 3 heteroatoms. The second-order valence-corrected chi connectivity index (χ2v) is 4.26. The van der Waals surface area contributed by atoms with Crippen LogP contribution in [-0.2, 0) is 0 Å². The SMILES string of the molecule is CCCCCCOc1ccc(C=O)s1. The molecule has 0 saturated heterocycles. The molecule has 1 aromatic heterocycles. The predicted molar refractivity (Wildman–Crippen MR) is 59.3 cm³/mol. The fraction of sp³-hybridized carbons (Fsp3) is 0.545. The third-order valence-corrected chi connectivity index (χ3v) is 2.88. The topological polar surface area (TPSA) is 26.3 Å². The molecule has 0 bridgehead atoms. The van der Waals surface area contributed by atoms with Crippen LogP contribution in [0.25, 0.3) is 0 Å². The summed E-state index contributed by atoms with van der Waals surface area (Å²) >= 11 is 1.41. The van der Waals surface area contributed by atoms with Crippen molar-refractivity contribution in [3.05, 3.63) is 17.0 Å². The van der Waals surface area contributed by atoms with Crippen LogP contribution in [0, 0.1) is 0 Å². The largest absolute Gasteiger partial charge is 0.484 e. The van der Waals surface area contributed by atoms with Gasteiger partial charge in [0.1, 0.15) is 0 Å². The van der Waals surface area contributed by atoms with Gasteiger partial charge < -0.3 is 4.74 Å². The van der Waals surface area contributed by atoms with Crippen molar-refractivity contribution >= 4 is 17.6 Å². The first-order valence-corrected chi connectivity index (χ1v) is 5.86. The lowest BCUT2D eigenvalue weighted by Crippen LogP contribution is -1.94. The molecular formula is C11H16O2S. The minimum Gasteiger partial charge on any atom is -0.484 e. The molecule has 1 rings (SSSR count). The molecular weight excluding hydrogens is 196 g/mol. The zero-order chi connectivity index (χ0) is 10.2. The highest BCUT2D eigenvalue weighted by molar-refractivity contribution is 7.15. The van der Waals surface area contributed by atoms with Crippen molar-refractivity contribution in [2.75, 3.05) is 6.61 Å². The average Bonchev–Trinajstić information content (AvgIpc) is 2.65. The Morgan fingerprint density at radius 1 is 1.36 bits per heavy atom. The number of rotatable bonds is 7. The number of thiophene rings is 1. The van der Waals surface area contributed by atoms with Gasteiger partial charge in [0.15, 0.2) is 11.3 Å². The standard InChI is InChI=1S/C11H16O2S/c1-2-3-4-5-8-13-11-7-6-10(9-12)14-11/h6-7,9H,2-5,8H2,1H3. The smallest absolute Gasteiger partial charge is 0.174 e. The second-order valence-electron chi connectivity index (χ2n) is 3.18. The molecule has 0 aromatic carbocycles. The van der Waals surface area contributed by atoms with Gasteiger partial charge in [0, 0.05) is 0 Å². The van der Waals surface area contributed by atoms with Crippen molar-refractivity contribution in [2.45, 2.75) is 32.6 Å². The van der Waals surface area contributed by atoms with Crippen LogP contribution in [0.4, 0.5) is 0 Å². The summed E-state index contributed by atoms with van der Waals surface area (Å²) in [5.41, 5.74) is 0. The third-order valence-electron chi connectivity index (χ3n) is 1.96.